The summed E-state index contributed by atoms with van der Waals surface area (Å²) >= 11 is 3.53. The molecule has 0 radical (unpaired) electrons. The molecule has 1 amide bonds. The van der Waals surface area contributed by atoms with Crippen LogP contribution in [0.5, 0.6) is 5.75 Å². The number of benzene rings is 2. The Morgan fingerprint density at radius 3 is 2.85 bits per heavy atom. The van der Waals surface area contributed by atoms with E-state index in [1.165, 1.54) is 0 Å². The van der Waals surface area contributed by atoms with Crippen LogP contribution in [0, 0.1) is 5.92 Å². The SMILES string of the molecule is CC(Oc1cc(Br)cc2ncn(C)c12)C1CC(=O)N(Cc2ccccc2)C1. The van der Waals surface area contributed by atoms with E-state index in [9.17, 15) is 4.79 Å². The second-order valence-corrected chi connectivity index (χ2v) is 8.09. The highest BCUT2D eigenvalue weighted by Gasteiger charge is 2.34. The van der Waals surface area contributed by atoms with Crippen molar-refractivity contribution in [3.8, 4) is 5.75 Å². The third-order valence-electron chi connectivity index (χ3n) is 5.18. The van der Waals surface area contributed by atoms with Gasteiger partial charge >= 0.3 is 0 Å². The molecule has 0 N–H and O–H groups in total. The summed E-state index contributed by atoms with van der Waals surface area (Å²) in [6, 6.07) is 14.1. The fourth-order valence-electron chi connectivity index (χ4n) is 3.68. The maximum atomic E-state index is 12.5. The molecule has 3 aromatic rings. The normalized spacial score (nSPS) is 18.3. The standard InChI is InChI=1S/C21H22BrN3O2/c1-14(27-19-10-17(22)9-18-21(19)24(2)13-23-18)16-8-20(26)25(12-16)11-15-6-4-3-5-7-15/h3-7,9-10,13-14,16H,8,11-12H2,1-2H3. The van der Waals surface area contributed by atoms with Crippen LogP contribution in [0.1, 0.15) is 18.9 Å². The van der Waals surface area contributed by atoms with Gasteiger partial charge in [-0.2, -0.15) is 0 Å². The van der Waals surface area contributed by atoms with E-state index in [4.69, 9.17) is 4.74 Å². The Balaban J connectivity index is 1.49. The van der Waals surface area contributed by atoms with Crippen LogP contribution < -0.4 is 4.74 Å². The van der Waals surface area contributed by atoms with Crippen molar-refractivity contribution in [1.29, 1.82) is 0 Å². The molecular formula is C21H22BrN3O2. The molecule has 27 heavy (non-hydrogen) atoms. The van der Waals surface area contributed by atoms with Crippen molar-refractivity contribution in [2.24, 2.45) is 13.0 Å². The molecule has 1 aliphatic heterocycles. The number of carbonyl (C=O) groups excluding carboxylic acids is 1. The molecule has 140 valence electrons. The number of fused-ring (bicyclic) bond motifs is 1. The summed E-state index contributed by atoms with van der Waals surface area (Å²) in [6.07, 6.45) is 2.24. The molecule has 0 spiro atoms. The van der Waals surface area contributed by atoms with E-state index in [0.717, 1.165) is 33.4 Å². The molecule has 2 heterocycles. The molecule has 0 saturated carbocycles. The molecule has 2 aromatic carbocycles. The zero-order valence-electron chi connectivity index (χ0n) is 15.4. The number of aromatic nitrogens is 2. The van der Waals surface area contributed by atoms with Crippen LogP contribution in [-0.2, 0) is 18.4 Å². The second-order valence-electron chi connectivity index (χ2n) is 7.17. The van der Waals surface area contributed by atoms with Gasteiger partial charge in [0.15, 0.2) is 0 Å². The third kappa shape index (κ3) is 3.72. The van der Waals surface area contributed by atoms with E-state index in [-0.39, 0.29) is 17.9 Å². The van der Waals surface area contributed by atoms with Crippen LogP contribution in [0.4, 0.5) is 0 Å². The Morgan fingerprint density at radius 2 is 2.07 bits per heavy atom. The number of halogens is 1. The Hall–Kier alpha value is -2.34. The average molecular weight is 428 g/mol. The molecule has 1 saturated heterocycles. The Morgan fingerprint density at radius 1 is 1.30 bits per heavy atom. The third-order valence-corrected chi connectivity index (χ3v) is 5.64. The molecule has 1 aromatic heterocycles. The fourth-order valence-corrected chi connectivity index (χ4v) is 4.10. The van der Waals surface area contributed by atoms with Crippen LogP contribution in [0.25, 0.3) is 11.0 Å². The largest absolute Gasteiger partial charge is 0.488 e. The van der Waals surface area contributed by atoms with E-state index in [1.54, 1.807) is 6.33 Å². The first-order valence-corrected chi connectivity index (χ1v) is 9.89. The maximum Gasteiger partial charge on any atom is 0.223 e. The summed E-state index contributed by atoms with van der Waals surface area (Å²) in [7, 11) is 1.96. The lowest BCUT2D eigenvalue weighted by Gasteiger charge is -2.22. The van der Waals surface area contributed by atoms with Crippen molar-refractivity contribution >= 4 is 32.9 Å². The van der Waals surface area contributed by atoms with Gasteiger partial charge in [0, 0.05) is 36.9 Å². The minimum absolute atomic E-state index is 0.0675. The predicted molar refractivity (Wildman–Crippen MR) is 108 cm³/mol. The van der Waals surface area contributed by atoms with Gasteiger partial charge in [-0.1, -0.05) is 46.3 Å². The first kappa shape index (κ1) is 18.0. The molecule has 1 fully saturated rings. The molecule has 0 bridgehead atoms. The van der Waals surface area contributed by atoms with Crippen molar-refractivity contribution in [3.05, 3.63) is 58.8 Å². The predicted octanol–water partition coefficient (Wildman–Crippen LogP) is 4.15. The number of carbonyl (C=O) groups is 1. The van der Waals surface area contributed by atoms with Gasteiger partial charge < -0.3 is 14.2 Å². The van der Waals surface area contributed by atoms with Crippen LogP contribution in [0.2, 0.25) is 0 Å². The molecular weight excluding hydrogens is 406 g/mol. The van der Waals surface area contributed by atoms with E-state index < -0.39 is 0 Å². The number of likely N-dealkylation sites (tertiary alicyclic amines) is 1. The van der Waals surface area contributed by atoms with Crippen LogP contribution >= 0.6 is 15.9 Å². The van der Waals surface area contributed by atoms with Crippen molar-refractivity contribution in [2.75, 3.05) is 6.54 Å². The lowest BCUT2D eigenvalue weighted by atomic mass is 10.0. The molecule has 0 aliphatic carbocycles. The summed E-state index contributed by atoms with van der Waals surface area (Å²) in [5.41, 5.74) is 3.02. The van der Waals surface area contributed by atoms with Gasteiger partial charge in [0.05, 0.1) is 11.8 Å². The summed E-state index contributed by atoms with van der Waals surface area (Å²) in [5, 5.41) is 0. The smallest absolute Gasteiger partial charge is 0.223 e. The van der Waals surface area contributed by atoms with E-state index in [0.29, 0.717) is 13.0 Å². The van der Waals surface area contributed by atoms with Gasteiger partial charge in [0.1, 0.15) is 17.4 Å². The van der Waals surface area contributed by atoms with Gasteiger partial charge in [0.25, 0.3) is 0 Å². The van der Waals surface area contributed by atoms with Crippen LogP contribution in [-0.4, -0.2) is 33.0 Å². The molecule has 2 atom stereocenters. The maximum absolute atomic E-state index is 12.5. The van der Waals surface area contributed by atoms with Crippen molar-refractivity contribution < 1.29 is 9.53 Å². The molecule has 5 nitrogen and oxygen atoms in total. The fraction of sp³-hybridized carbons (Fsp3) is 0.333. The summed E-state index contributed by atoms with van der Waals surface area (Å²) in [6.45, 7) is 3.43. The molecule has 2 unspecified atom stereocenters. The van der Waals surface area contributed by atoms with Crippen molar-refractivity contribution in [1.82, 2.24) is 14.5 Å². The number of aryl methyl sites for hydroxylation is 1. The highest BCUT2D eigenvalue weighted by atomic mass is 79.9. The highest BCUT2D eigenvalue weighted by Crippen LogP contribution is 2.32. The Kier molecular flexibility index (Phi) is 4.91. The number of ether oxygens (including phenoxy) is 1. The Bertz CT molecular complexity index is 970. The first-order valence-electron chi connectivity index (χ1n) is 9.10. The van der Waals surface area contributed by atoms with Gasteiger partial charge in [-0.15, -0.1) is 0 Å². The molecule has 6 heteroatoms. The number of nitrogens with zero attached hydrogens (tertiary/aromatic N) is 3. The molecule has 4 rings (SSSR count). The van der Waals surface area contributed by atoms with E-state index in [1.807, 2.05) is 53.8 Å². The number of hydrogen-bond donors (Lipinski definition) is 0. The average Bonchev–Trinajstić information content (AvgIpc) is 3.19. The van der Waals surface area contributed by atoms with Crippen LogP contribution in [0.3, 0.4) is 0 Å². The number of rotatable bonds is 5. The van der Waals surface area contributed by atoms with Crippen molar-refractivity contribution in [2.45, 2.75) is 26.0 Å². The number of amides is 1. The monoisotopic (exact) mass is 427 g/mol. The number of hydrogen-bond acceptors (Lipinski definition) is 3. The topological polar surface area (TPSA) is 47.4 Å². The van der Waals surface area contributed by atoms with E-state index in [2.05, 4.69) is 33.0 Å². The first-order chi connectivity index (χ1) is 13.0. The zero-order valence-corrected chi connectivity index (χ0v) is 17.0. The van der Waals surface area contributed by atoms with Gasteiger partial charge in [-0.05, 0) is 24.6 Å². The lowest BCUT2D eigenvalue weighted by Crippen LogP contribution is -2.28. The van der Waals surface area contributed by atoms with Gasteiger partial charge in [-0.3, -0.25) is 4.79 Å². The van der Waals surface area contributed by atoms with Gasteiger partial charge in [0.2, 0.25) is 5.91 Å². The minimum Gasteiger partial charge on any atom is -0.488 e. The zero-order chi connectivity index (χ0) is 19.0. The summed E-state index contributed by atoms with van der Waals surface area (Å²) in [5.74, 6) is 1.16. The van der Waals surface area contributed by atoms with Crippen molar-refractivity contribution in [3.63, 3.8) is 0 Å². The lowest BCUT2D eigenvalue weighted by molar-refractivity contribution is -0.128. The van der Waals surface area contributed by atoms with Crippen LogP contribution in [0.15, 0.2) is 53.3 Å². The summed E-state index contributed by atoms with van der Waals surface area (Å²) in [4.78, 5) is 18.8. The number of imidazole rings is 1. The molecule has 1 aliphatic rings. The van der Waals surface area contributed by atoms with Gasteiger partial charge in [-0.25, -0.2) is 4.98 Å². The second kappa shape index (κ2) is 7.35. The highest BCUT2D eigenvalue weighted by molar-refractivity contribution is 9.10. The minimum atomic E-state index is -0.0675. The summed E-state index contributed by atoms with van der Waals surface area (Å²) < 4.78 is 9.21. The quantitative estimate of drug-likeness (QED) is 0.614. The van der Waals surface area contributed by atoms with E-state index >= 15 is 0 Å². The Labute approximate surface area is 167 Å².